The Morgan fingerprint density at radius 2 is 1.21 bits per heavy atom. The van der Waals surface area contributed by atoms with E-state index in [0.29, 0.717) is 0 Å². The van der Waals surface area contributed by atoms with Gasteiger partial charge in [0.05, 0.1) is 0 Å². The van der Waals surface area contributed by atoms with E-state index in [-0.39, 0.29) is 0 Å². The van der Waals surface area contributed by atoms with Crippen LogP contribution in [0.5, 0.6) is 0 Å². The van der Waals surface area contributed by atoms with Gasteiger partial charge in [0.15, 0.2) is 24.8 Å². The first-order valence-electron chi connectivity index (χ1n) is 8.93. The molecule has 2 heterocycles. The lowest BCUT2D eigenvalue weighted by atomic mass is 9.97. The van der Waals surface area contributed by atoms with Crippen molar-refractivity contribution in [3.63, 3.8) is 0 Å². The lowest BCUT2D eigenvalue weighted by molar-refractivity contribution is -0.695. The molecule has 0 aliphatic carbocycles. The Morgan fingerprint density at radius 3 is 1.75 bits per heavy atom. The zero-order valence-corrected chi connectivity index (χ0v) is 14.3. The Morgan fingerprint density at radius 1 is 0.708 bits per heavy atom. The van der Waals surface area contributed by atoms with Gasteiger partial charge in [0.1, 0.15) is 13.6 Å². The molecular formula is C21H25N3+2. The Bertz CT molecular complexity index is 924. The third-order valence-electron chi connectivity index (χ3n) is 4.96. The monoisotopic (exact) mass is 319 g/mol. The molecule has 0 radical (unpaired) electrons. The Hall–Kier alpha value is -2.26. The van der Waals surface area contributed by atoms with Crippen molar-refractivity contribution < 1.29 is 9.13 Å². The van der Waals surface area contributed by atoms with Gasteiger partial charge >= 0.3 is 0 Å². The fourth-order valence-electron chi connectivity index (χ4n) is 3.83. The zero-order valence-electron chi connectivity index (χ0n) is 14.3. The number of aromatic nitrogens is 2. The summed E-state index contributed by atoms with van der Waals surface area (Å²) in [6.45, 7) is 1.89. The van der Waals surface area contributed by atoms with Gasteiger partial charge in [-0.3, -0.25) is 0 Å². The van der Waals surface area contributed by atoms with Gasteiger partial charge in [-0.05, 0) is 43.7 Å². The molecule has 0 atom stereocenters. The summed E-state index contributed by atoms with van der Waals surface area (Å²) in [5.74, 6) is 0. The van der Waals surface area contributed by atoms with E-state index in [0.717, 1.165) is 19.5 Å². The summed E-state index contributed by atoms with van der Waals surface area (Å²) in [4.78, 5) is 0. The average molecular weight is 319 g/mol. The lowest BCUT2D eigenvalue weighted by Gasteiger charge is -2.08. The van der Waals surface area contributed by atoms with Crippen LogP contribution < -0.4 is 14.9 Å². The Kier molecular flexibility index (Phi) is 4.03. The van der Waals surface area contributed by atoms with Crippen LogP contribution in [-0.4, -0.2) is 6.54 Å². The highest BCUT2D eigenvalue weighted by Crippen LogP contribution is 2.32. The molecular weight excluding hydrogens is 294 g/mol. The summed E-state index contributed by atoms with van der Waals surface area (Å²) in [5.41, 5.74) is 5.57. The molecule has 3 heteroatoms. The first kappa shape index (κ1) is 15.3. The van der Waals surface area contributed by atoms with Gasteiger partial charge in [-0.2, -0.15) is 0 Å². The molecule has 122 valence electrons. The standard InChI is InChI=1S/C21H25N3/c1-23-12-16-6-8-18-14-24(11-5-3-2-4-10-22)15-19-9-7-17(13-23)20(16)21(18)19/h6-9,12-15H,2-5,10-11,22H2,1H3/q+2. The van der Waals surface area contributed by atoms with Crippen LogP contribution in [0.3, 0.4) is 0 Å². The quantitative estimate of drug-likeness (QED) is 0.330. The molecule has 0 amide bonds. The number of pyridine rings is 2. The number of unbranched alkanes of at least 4 members (excludes halogenated alkanes) is 3. The van der Waals surface area contributed by atoms with Crippen molar-refractivity contribution in [1.82, 2.24) is 0 Å². The second-order valence-electron chi connectivity index (χ2n) is 6.86. The van der Waals surface area contributed by atoms with Crippen molar-refractivity contribution in [2.75, 3.05) is 6.54 Å². The van der Waals surface area contributed by atoms with Crippen molar-refractivity contribution in [2.45, 2.75) is 32.2 Å². The highest BCUT2D eigenvalue weighted by atomic mass is 14.9. The molecule has 0 saturated heterocycles. The van der Waals surface area contributed by atoms with Gasteiger partial charge in [-0.25, -0.2) is 9.13 Å². The molecule has 0 saturated carbocycles. The number of hydrogen-bond donors (Lipinski definition) is 1. The topological polar surface area (TPSA) is 33.8 Å². The summed E-state index contributed by atoms with van der Waals surface area (Å²) in [6.07, 6.45) is 13.9. The van der Waals surface area contributed by atoms with E-state index in [2.05, 4.69) is 65.2 Å². The van der Waals surface area contributed by atoms with E-state index in [1.54, 1.807) is 0 Å². The normalized spacial score (nSPS) is 11.9. The predicted molar refractivity (Wildman–Crippen MR) is 99.0 cm³/mol. The summed E-state index contributed by atoms with van der Waals surface area (Å²) in [6, 6.07) is 9.01. The molecule has 0 fully saturated rings. The van der Waals surface area contributed by atoms with Crippen molar-refractivity contribution in [3.05, 3.63) is 49.1 Å². The maximum Gasteiger partial charge on any atom is 0.176 e. The van der Waals surface area contributed by atoms with E-state index in [9.17, 15) is 0 Å². The van der Waals surface area contributed by atoms with Gasteiger partial charge in [0.2, 0.25) is 0 Å². The number of benzene rings is 2. The van der Waals surface area contributed by atoms with Crippen molar-refractivity contribution in [1.29, 1.82) is 0 Å². The van der Waals surface area contributed by atoms with Crippen LogP contribution in [0.2, 0.25) is 0 Å². The number of aryl methyl sites for hydroxylation is 2. The molecule has 2 aromatic heterocycles. The smallest absolute Gasteiger partial charge is 0.176 e. The minimum Gasteiger partial charge on any atom is -0.330 e. The maximum atomic E-state index is 5.57. The first-order valence-corrected chi connectivity index (χ1v) is 8.93. The van der Waals surface area contributed by atoms with Crippen molar-refractivity contribution >= 4 is 32.3 Å². The number of rotatable bonds is 6. The Balaban J connectivity index is 1.74. The minimum atomic E-state index is 0.811. The highest BCUT2D eigenvalue weighted by molar-refractivity contribution is 6.21. The van der Waals surface area contributed by atoms with Gasteiger partial charge in [-0.1, -0.05) is 6.42 Å². The van der Waals surface area contributed by atoms with Crippen LogP contribution >= 0.6 is 0 Å². The highest BCUT2D eigenvalue weighted by Gasteiger charge is 2.15. The fourth-order valence-corrected chi connectivity index (χ4v) is 3.83. The largest absolute Gasteiger partial charge is 0.330 e. The van der Waals surface area contributed by atoms with E-state index >= 15 is 0 Å². The Labute approximate surface area is 142 Å². The maximum absolute atomic E-state index is 5.57. The second kappa shape index (κ2) is 6.33. The van der Waals surface area contributed by atoms with Crippen molar-refractivity contribution in [2.24, 2.45) is 12.8 Å². The summed E-state index contributed by atoms with van der Waals surface area (Å²) in [5, 5.41) is 8.08. The summed E-state index contributed by atoms with van der Waals surface area (Å²) < 4.78 is 4.49. The molecule has 4 rings (SSSR count). The van der Waals surface area contributed by atoms with Crippen LogP contribution in [-0.2, 0) is 13.6 Å². The van der Waals surface area contributed by atoms with Crippen molar-refractivity contribution in [3.8, 4) is 0 Å². The van der Waals surface area contributed by atoms with E-state index < -0.39 is 0 Å². The van der Waals surface area contributed by atoms with Gasteiger partial charge in [-0.15, -0.1) is 0 Å². The molecule has 3 nitrogen and oxygen atoms in total. The van der Waals surface area contributed by atoms with Crippen LogP contribution in [0.1, 0.15) is 25.7 Å². The van der Waals surface area contributed by atoms with E-state index in [1.165, 1.54) is 51.6 Å². The molecule has 24 heavy (non-hydrogen) atoms. The molecule has 0 aliphatic rings. The summed E-state index contributed by atoms with van der Waals surface area (Å²) in [7, 11) is 2.09. The minimum absolute atomic E-state index is 0.811. The molecule has 0 unspecified atom stereocenters. The molecule has 2 aromatic carbocycles. The fraction of sp³-hybridized carbons (Fsp3) is 0.333. The number of nitrogens with zero attached hydrogens (tertiary/aromatic N) is 2. The molecule has 0 spiro atoms. The first-order chi connectivity index (χ1) is 11.8. The average Bonchev–Trinajstić information content (AvgIpc) is 2.59. The number of nitrogens with two attached hydrogens (primary N) is 1. The molecule has 0 bridgehead atoms. The van der Waals surface area contributed by atoms with Gasteiger partial charge < -0.3 is 5.73 Å². The SMILES string of the molecule is C[n+]1cc2ccc3c[n+](CCCCCCN)cc4ccc(c1)c2c34. The molecule has 4 aromatic rings. The predicted octanol–water partition coefficient (Wildman–Crippen LogP) is 3.22. The van der Waals surface area contributed by atoms with E-state index in [1.807, 2.05) is 0 Å². The van der Waals surface area contributed by atoms with Crippen LogP contribution in [0.4, 0.5) is 0 Å². The molecule has 2 N–H and O–H groups in total. The third-order valence-corrected chi connectivity index (χ3v) is 4.96. The van der Waals surface area contributed by atoms with Crippen LogP contribution in [0.25, 0.3) is 32.3 Å². The van der Waals surface area contributed by atoms with Gasteiger partial charge in [0, 0.05) is 38.7 Å². The third kappa shape index (κ3) is 2.69. The lowest BCUT2D eigenvalue weighted by Crippen LogP contribution is -2.33. The van der Waals surface area contributed by atoms with E-state index in [4.69, 9.17) is 5.73 Å². The van der Waals surface area contributed by atoms with Crippen LogP contribution in [0.15, 0.2) is 49.1 Å². The zero-order chi connectivity index (χ0) is 16.5. The second-order valence-corrected chi connectivity index (χ2v) is 6.86. The van der Waals surface area contributed by atoms with Gasteiger partial charge in [0.25, 0.3) is 0 Å². The molecule has 0 aliphatic heterocycles. The summed E-state index contributed by atoms with van der Waals surface area (Å²) >= 11 is 0. The van der Waals surface area contributed by atoms with Crippen LogP contribution in [0, 0.1) is 0 Å². The number of hydrogen-bond acceptors (Lipinski definition) is 1.